The SMILES string of the molecule is CCCCC#CCC(=O)c1ccc(-c2ccccc2)cc1. The van der Waals surface area contributed by atoms with Gasteiger partial charge in [0.15, 0.2) is 5.78 Å². The minimum Gasteiger partial charge on any atom is -0.293 e. The second-order valence-electron chi connectivity index (χ2n) is 5.00. The van der Waals surface area contributed by atoms with Crippen molar-refractivity contribution in [2.45, 2.75) is 32.6 Å². The Labute approximate surface area is 127 Å². The van der Waals surface area contributed by atoms with E-state index in [9.17, 15) is 4.79 Å². The molecule has 0 aliphatic rings. The van der Waals surface area contributed by atoms with Crippen LogP contribution < -0.4 is 0 Å². The van der Waals surface area contributed by atoms with Crippen LogP contribution in [0.25, 0.3) is 11.1 Å². The van der Waals surface area contributed by atoms with Crippen molar-refractivity contribution in [1.82, 2.24) is 0 Å². The first kappa shape index (κ1) is 15.1. The number of Topliss-reactive ketones (excluding diaryl/α,β-unsaturated/α-hetero) is 1. The van der Waals surface area contributed by atoms with Gasteiger partial charge in [-0.2, -0.15) is 0 Å². The molecule has 0 aromatic heterocycles. The summed E-state index contributed by atoms with van der Waals surface area (Å²) in [4.78, 5) is 12.0. The standard InChI is InChI=1S/C20H20O/c1-2-3-4-5-9-12-20(21)19-15-13-18(14-16-19)17-10-7-6-8-11-17/h6-8,10-11,13-16H,2-4,12H2,1H3. The molecule has 0 radical (unpaired) electrons. The highest BCUT2D eigenvalue weighted by molar-refractivity contribution is 5.97. The molecule has 0 saturated heterocycles. The molecule has 106 valence electrons. The van der Waals surface area contributed by atoms with Gasteiger partial charge in [0.25, 0.3) is 0 Å². The van der Waals surface area contributed by atoms with Crippen molar-refractivity contribution in [2.24, 2.45) is 0 Å². The van der Waals surface area contributed by atoms with E-state index in [0.29, 0.717) is 6.42 Å². The molecule has 0 fully saturated rings. The topological polar surface area (TPSA) is 17.1 Å². The van der Waals surface area contributed by atoms with Gasteiger partial charge < -0.3 is 0 Å². The normalized spacial score (nSPS) is 9.76. The highest BCUT2D eigenvalue weighted by atomic mass is 16.1. The Hall–Kier alpha value is -2.33. The summed E-state index contributed by atoms with van der Waals surface area (Å²) >= 11 is 0. The molecule has 0 bridgehead atoms. The van der Waals surface area contributed by atoms with Crippen LogP contribution in [0.3, 0.4) is 0 Å². The fourth-order valence-electron chi connectivity index (χ4n) is 2.08. The van der Waals surface area contributed by atoms with Crippen LogP contribution in [0.4, 0.5) is 0 Å². The maximum Gasteiger partial charge on any atom is 0.174 e. The van der Waals surface area contributed by atoms with E-state index in [1.165, 1.54) is 0 Å². The van der Waals surface area contributed by atoms with E-state index in [1.807, 2.05) is 42.5 Å². The lowest BCUT2D eigenvalue weighted by Crippen LogP contribution is -1.96. The minimum atomic E-state index is 0.0959. The number of unbranched alkanes of at least 4 members (excludes halogenated alkanes) is 2. The molecule has 0 atom stereocenters. The number of hydrogen-bond donors (Lipinski definition) is 0. The van der Waals surface area contributed by atoms with Crippen LogP contribution in [0.15, 0.2) is 54.6 Å². The zero-order chi connectivity index (χ0) is 14.9. The molecular formula is C20H20O. The summed E-state index contributed by atoms with van der Waals surface area (Å²) < 4.78 is 0. The second kappa shape index (κ2) is 8.07. The van der Waals surface area contributed by atoms with Crippen LogP contribution in [0.1, 0.15) is 43.0 Å². The lowest BCUT2D eigenvalue weighted by molar-refractivity contribution is 0.0998. The Morgan fingerprint density at radius 2 is 1.57 bits per heavy atom. The van der Waals surface area contributed by atoms with Gasteiger partial charge in [-0.1, -0.05) is 73.9 Å². The molecule has 0 spiro atoms. The van der Waals surface area contributed by atoms with Crippen LogP contribution >= 0.6 is 0 Å². The average molecular weight is 276 g/mol. The Balaban J connectivity index is 1.98. The first-order valence-electron chi connectivity index (χ1n) is 7.45. The molecular weight excluding hydrogens is 256 g/mol. The van der Waals surface area contributed by atoms with Crippen molar-refractivity contribution < 1.29 is 4.79 Å². The Morgan fingerprint density at radius 3 is 2.24 bits per heavy atom. The maximum atomic E-state index is 12.0. The van der Waals surface area contributed by atoms with Gasteiger partial charge in [0.2, 0.25) is 0 Å². The van der Waals surface area contributed by atoms with E-state index in [2.05, 4.69) is 30.9 Å². The van der Waals surface area contributed by atoms with Crippen molar-refractivity contribution in [3.05, 3.63) is 60.2 Å². The molecule has 0 unspecified atom stereocenters. The zero-order valence-electron chi connectivity index (χ0n) is 12.4. The van der Waals surface area contributed by atoms with Crippen molar-refractivity contribution in [1.29, 1.82) is 0 Å². The first-order chi connectivity index (χ1) is 10.3. The van der Waals surface area contributed by atoms with E-state index in [4.69, 9.17) is 0 Å². The molecule has 0 saturated carbocycles. The summed E-state index contributed by atoms with van der Waals surface area (Å²) in [5, 5.41) is 0. The maximum absolute atomic E-state index is 12.0. The van der Waals surface area contributed by atoms with E-state index < -0.39 is 0 Å². The quantitative estimate of drug-likeness (QED) is 0.421. The highest BCUT2D eigenvalue weighted by Gasteiger charge is 2.04. The molecule has 1 heteroatoms. The third-order valence-electron chi connectivity index (χ3n) is 3.34. The van der Waals surface area contributed by atoms with Gasteiger partial charge in [-0.05, 0) is 17.5 Å². The van der Waals surface area contributed by atoms with E-state index in [0.717, 1.165) is 36.0 Å². The summed E-state index contributed by atoms with van der Waals surface area (Å²) in [6.45, 7) is 2.14. The van der Waals surface area contributed by atoms with Gasteiger partial charge in [0, 0.05) is 12.0 Å². The molecule has 21 heavy (non-hydrogen) atoms. The molecule has 1 nitrogen and oxygen atoms in total. The Morgan fingerprint density at radius 1 is 0.905 bits per heavy atom. The monoisotopic (exact) mass is 276 g/mol. The predicted molar refractivity (Wildman–Crippen MR) is 88.1 cm³/mol. The zero-order valence-corrected chi connectivity index (χ0v) is 12.4. The number of rotatable bonds is 5. The summed E-state index contributed by atoms with van der Waals surface area (Å²) in [6, 6.07) is 17.9. The van der Waals surface area contributed by atoms with Gasteiger partial charge in [-0.3, -0.25) is 4.79 Å². The smallest absolute Gasteiger partial charge is 0.174 e. The molecule has 0 aliphatic heterocycles. The van der Waals surface area contributed by atoms with Gasteiger partial charge in [-0.25, -0.2) is 0 Å². The van der Waals surface area contributed by atoms with Gasteiger partial charge in [0.05, 0.1) is 6.42 Å². The largest absolute Gasteiger partial charge is 0.293 e. The predicted octanol–water partition coefficient (Wildman–Crippen LogP) is 5.12. The van der Waals surface area contributed by atoms with Crippen LogP contribution in [0, 0.1) is 11.8 Å². The van der Waals surface area contributed by atoms with E-state index >= 15 is 0 Å². The molecule has 2 aromatic rings. The van der Waals surface area contributed by atoms with Gasteiger partial charge in [0.1, 0.15) is 0 Å². The second-order valence-corrected chi connectivity index (χ2v) is 5.00. The van der Waals surface area contributed by atoms with E-state index in [1.54, 1.807) is 0 Å². The lowest BCUT2D eigenvalue weighted by atomic mass is 10.0. The summed E-state index contributed by atoms with van der Waals surface area (Å²) in [7, 11) is 0. The van der Waals surface area contributed by atoms with Crippen molar-refractivity contribution in [3.8, 4) is 23.0 Å². The highest BCUT2D eigenvalue weighted by Crippen LogP contribution is 2.19. The summed E-state index contributed by atoms with van der Waals surface area (Å²) in [5.74, 6) is 6.11. The van der Waals surface area contributed by atoms with Crippen molar-refractivity contribution >= 4 is 5.78 Å². The van der Waals surface area contributed by atoms with E-state index in [-0.39, 0.29) is 5.78 Å². The van der Waals surface area contributed by atoms with Crippen molar-refractivity contribution in [3.63, 3.8) is 0 Å². The Bertz CT molecular complexity index is 627. The third-order valence-corrected chi connectivity index (χ3v) is 3.34. The molecule has 2 aromatic carbocycles. The first-order valence-corrected chi connectivity index (χ1v) is 7.45. The number of carbonyl (C=O) groups excluding carboxylic acids is 1. The van der Waals surface area contributed by atoms with Crippen LogP contribution in [0.2, 0.25) is 0 Å². The number of ketones is 1. The Kier molecular flexibility index (Phi) is 5.79. The van der Waals surface area contributed by atoms with Crippen LogP contribution in [-0.4, -0.2) is 5.78 Å². The number of benzene rings is 2. The molecule has 0 heterocycles. The molecule has 0 N–H and O–H groups in total. The van der Waals surface area contributed by atoms with Crippen LogP contribution in [0.5, 0.6) is 0 Å². The van der Waals surface area contributed by atoms with Gasteiger partial charge >= 0.3 is 0 Å². The van der Waals surface area contributed by atoms with Crippen LogP contribution in [-0.2, 0) is 0 Å². The third kappa shape index (κ3) is 4.61. The summed E-state index contributed by atoms with van der Waals surface area (Å²) in [5.41, 5.74) is 3.02. The number of hydrogen-bond acceptors (Lipinski definition) is 1. The lowest BCUT2D eigenvalue weighted by Gasteiger charge is -2.02. The number of carbonyl (C=O) groups is 1. The minimum absolute atomic E-state index is 0.0959. The fraction of sp³-hybridized carbons (Fsp3) is 0.250. The average Bonchev–Trinajstić information content (AvgIpc) is 2.55. The molecule has 0 aliphatic carbocycles. The van der Waals surface area contributed by atoms with Crippen molar-refractivity contribution in [2.75, 3.05) is 0 Å². The fourth-order valence-corrected chi connectivity index (χ4v) is 2.08. The summed E-state index contributed by atoms with van der Waals surface area (Å²) in [6.07, 6.45) is 3.45. The van der Waals surface area contributed by atoms with Gasteiger partial charge in [-0.15, -0.1) is 5.92 Å². The molecule has 0 amide bonds. The molecule has 2 rings (SSSR count).